The third-order valence-corrected chi connectivity index (χ3v) is 6.56. The predicted molar refractivity (Wildman–Crippen MR) is 149 cm³/mol. The number of pyridine rings is 2. The minimum atomic E-state index is -3.43. The van der Waals surface area contributed by atoms with Crippen LogP contribution < -0.4 is 4.72 Å². The summed E-state index contributed by atoms with van der Waals surface area (Å²) in [6.07, 6.45) is 9.72. The molecule has 4 heterocycles. The van der Waals surface area contributed by atoms with E-state index in [1.807, 2.05) is 24.3 Å². The van der Waals surface area contributed by atoms with E-state index in [2.05, 4.69) is 41.4 Å². The maximum Gasteiger partial charge on any atom is 0.209 e. The van der Waals surface area contributed by atoms with Crippen LogP contribution in [0.1, 0.15) is 11.1 Å². The number of halogens is 1. The monoisotopic (exact) mass is 529 g/mol. The average Bonchev–Trinajstić information content (AvgIpc) is 3.50. The summed E-state index contributed by atoms with van der Waals surface area (Å²) in [6.45, 7) is 3.74. The first-order valence-corrected chi connectivity index (χ1v) is 13.5. The Bertz CT molecular complexity index is 1850. The molecule has 0 amide bonds. The molecule has 0 fully saturated rings. The predicted octanol–water partition coefficient (Wildman–Crippen LogP) is 4.63. The number of hydrogen-bond donors (Lipinski definition) is 3. The fourth-order valence-electron chi connectivity index (χ4n) is 4.26. The van der Waals surface area contributed by atoms with Crippen LogP contribution in [0.5, 0.6) is 0 Å². The van der Waals surface area contributed by atoms with Gasteiger partial charge in [-0.1, -0.05) is 18.7 Å². The van der Waals surface area contributed by atoms with Gasteiger partial charge in [0.2, 0.25) is 10.0 Å². The van der Waals surface area contributed by atoms with Crippen molar-refractivity contribution in [1.82, 2.24) is 29.9 Å². The summed E-state index contributed by atoms with van der Waals surface area (Å²) in [6, 6.07) is 10.1. The summed E-state index contributed by atoms with van der Waals surface area (Å²) >= 11 is 0. The Labute approximate surface area is 218 Å². The molecule has 0 unspecified atom stereocenters. The lowest BCUT2D eigenvalue weighted by atomic mass is 10.0. The van der Waals surface area contributed by atoms with Crippen molar-refractivity contribution >= 4 is 43.7 Å². The molecule has 0 saturated heterocycles. The zero-order chi connectivity index (χ0) is 26.9. The molecule has 11 heteroatoms. The molecule has 5 rings (SSSR count). The van der Waals surface area contributed by atoms with Gasteiger partial charge in [0.05, 0.1) is 23.3 Å². The molecule has 5 aromatic rings. The number of aromatic amines is 2. The van der Waals surface area contributed by atoms with E-state index in [0.717, 1.165) is 45.1 Å². The standard InChI is InChI=1S/C27H24FN7O2S/c1-4-5-17(14-29-2)19-11-22-26(34-35-27(22)31-15-19)24-12-21-23(33-24)6-7-30-25(21)18-8-16(9-20(28)10-18)13-32-38(3,36)37/h4-12,14-15,32-33H,1,13H2,2-3H3,(H,31,34,35)/b17-5+,29-14?. The second-order valence-corrected chi connectivity index (χ2v) is 10.5. The number of sulfonamides is 1. The quantitative estimate of drug-likeness (QED) is 0.199. The van der Waals surface area contributed by atoms with Gasteiger partial charge in [-0.25, -0.2) is 22.5 Å². The third-order valence-electron chi connectivity index (χ3n) is 5.90. The minimum Gasteiger partial charge on any atom is -0.353 e. The van der Waals surface area contributed by atoms with Crippen molar-refractivity contribution in [2.24, 2.45) is 4.99 Å². The van der Waals surface area contributed by atoms with Crippen molar-refractivity contribution in [3.05, 3.63) is 84.5 Å². The van der Waals surface area contributed by atoms with Crippen LogP contribution in [0.25, 0.3) is 50.2 Å². The van der Waals surface area contributed by atoms with E-state index < -0.39 is 15.8 Å². The van der Waals surface area contributed by atoms with Gasteiger partial charge in [-0.2, -0.15) is 5.10 Å². The lowest BCUT2D eigenvalue weighted by molar-refractivity contribution is 0.586. The largest absolute Gasteiger partial charge is 0.353 e. The summed E-state index contributed by atoms with van der Waals surface area (Å²) in [5, 5.41) is 9.00. The van der Waals surface area contributed by atoms with Gasteiger partial charge >= 0.3 is 0 Å². The molecule has 192 valence electrons. The number of hydrogen-bond acceptors (Lipinski definition) is 6. The molecule has 0 aliphatic carbocycles. The highest BCUT2D eigenvalue weighted by molar-refractivity contribution is 7.88. The Morgan fingerprint density at radius 3 is 2.79 bits per heavy atom. The first kappa shape index (κ1) is 25.2. The lowest BCUT2D eigenvalue weighted by Crippen LogP contribution is -2.21. The normalized spacial score (nSPS) is 12.7. The van der Waals surface area contributed by atoms with Crippen LogP contribution >= 0.6 is 0 Å². The van der Waals surface area contributed by atoms with Crippen molar-refractivity contribution < 1.29 is 12.8 Å². The van der Waals surface area contributed by atoms with Crippen LogP contribution in [-0.2, 0) is 16.6 Å². The molecule has 38 heavy (non-hydrogen) atoms. The SMILES string of the molecule is C=C/C=C(\C=NC)c1cnc2n[nH]c(-c3cc4c(-c5cc(F)cc(CNS(C)(=O)=O)c5)nccc4[nH]3)c2c1. The Morgan fingerprint density at radius 1 is 1.18 bits per heavy atom. The number of allylic oxidation sites excluding steroid dienone is 3. The third kappa shape index (κ3) is 5.15. The summed E-state index contributed by atoms with van der Waals surface area (Å²) in [5.74, 6) is -0.487. The molecule has 0 atom stereocenters. The first-order valence-electron chi connectivity index (χ1n) is 11.6. The summed E-state index contributed by atoms with van der Waals surface area (Å²) in [7, 11) is -1.73. The molecule has 3 N–H and O–H groups in total. The number of H-pyrrole nitrogens is 2. The zero-order valence-corrected chi connectivity index (χ0v) is 21.5. The second kappa shape index (κ2) is 10.1. The highest BCUT2D eigenvalue weighted by Gasteiger charge is 2.16. The Balaban J connectivity index is 1.60. The molecule has 0 spiro atoms. The fourth-order valence-corrected chi connectivity index (χ4v) is 4.69. The number of nitrogens with zero attached hydrogens (tertiary/aromatic N) is 4. The van der Waals surface area contributed by atoms with Crippen LogP contribution in [0.3, 0.4) is 0 Å². The smallest absolute Gasteiger partial charge is 0.209 e. The van der Waals surface area contributed by atoms with E-state index in [9.17, 15) is 12.8 Å². The first-order chi connectivity index (χ1) is 18.3. The molecule has 0 saturated carbocycles. The van der Waals surface area contributed by atoms with Gasteiger partial charge in [-0.05, 0) is 42.0 Å². The van der Waals surface area contributed by atoms with E-state index in [1.165, 1.54) is 12.1 Å². The highest BCUT2D eigenvalue weighted by Crippen LogP contribution is 2.33. The Kier molecular flexibility index (Phi) is 6.70. The number of fused-ring (bicyclic) bond motifs is 2. The zero-order valence-electron chi connectivity index (χ0n) is 20.7. The van der Waals surface area contributed by atoms with Gasteiger partial charge in [0.15, 0.2) is 5.65 Å². The van der Waals surface area contributed by atoms with Crippen molar-refractivity contribution in [3.63, 3.8) is 0 Å². The van der Waals surface area contributed by atoms with Crippen LogP contribution in [-0.4, -0.2) is 53.1 Å². The number of rotatable bonds is 8. The molecule has 9 nitrogen and oxygen atoms in total. The minimum absolute atomic E-state index is 0.0293. The summed E-state index contributed by atoms with van der Waals surface area (Å²) < 4.78 is 39.9. The van der Waals surface area contributed by atoms with Gasteiger partial charge in [0, 0.05) is 65.2 Å². The van der Waals surface area contributed by atoms with Crippen molar-refractivity contribution in [2.45, 2.75) is 6.54 Å². The van der Waals surface area contributed by atoms with Gasteiger partial charge in [0.1, 0.15) is 5.82 Å². The van der Waals surface area contributed by atoms with Crippen molar-refractivity contribution in [3.8, 4) is 22.6 Å². The number of benzene rings is 1. The number of aliphatic imine (C=N–C) groups is 1. The Hall–Kier alpha value is -4.48. The van der Waals surface area contributed by atoms with Crippen molar-refractivity contribution in [1.29, 1.82) is 0 Å². The van der Waals surface area contributed by atoms with Crippen LogP contribution in [0, 0.1) is 5.82 Å². The van der Waals surface area contributed by atoms with E-state index in [4.69, 9.17) is 0 Å². The maximum atomic E-state index is 14.5. The van der Waals surface area contributed by atoms with E-state index in [0.29, 0.717) is 22.5 Å². The highest BCUT2D eigenvalue weighted by atomic mass is 32.2. The topological polar surface area (TPSA) is 129 Å². The maximum absolute atomic E-state index is 14.5. The summed E-state index contributed by atoms with van der Waals surface area (Å²) in [4.78, 5) is 16.5. The Morgan fingerprint density at radius 2 is 2.03 bits per heavy atom. The van der Waals surface area contributed by atoms with E-state index >= 15 is 0 Å². The van der Waals surface area contributed by atoms with Crippen LogP contribution in [0.15, 0.2) is 72.5 Å². The van der Waals surface area contributed by atoms with Gasteiger partial charge in [0.25, 0.3) is 0 Å². The number of nitrogens with one attached hydrogen (secondary N) is 3. The molecular weight excluding hydrogens is 505 g/mol. The summed E-state index contributed by atoms with van der Waals surface area (Å²) in [5.41, 5.74) is 6.13. The van der Waals surface area contributed by atoms with E-state index in [-0.39, 0.29) is 6.54 Å². The van der Waals surface area contributed by atoms with Gasteiger partial charge < -0.3 is 4.98 Å². The fraction of sp³-hybridized carbons (Fsp3) is 0.111. The average molecular weight is 530 g/mol. The molecule has 0 radical (unpaired) electrons. The van der Waals surface area contributed by atoms with Gasteiger partial charge in [-0.15, -0.1) is 0 Å². The van der Waals surface area contributed by atoms with E-state index in [1.54, 1.807) is 37.8 Å². The second-order valence-electron chi connectivity index (χ2n) is 8.68. The van der Waals surface area contributed by atoms with Crippen LogP contribution in [0.4, 0.5) is 4.39 Å². The molecule has 0 aliphatic heterocycles. The van der Waals surface area contributed by atoms with Crippen molar-refractivity contribution in [2.75, 3.05) is 13.3 Å². The molecule has 1 aromatic carbocycles. The molecule has 4 aromatic heterocycles. The van der Waals surface area contributed by atoms with Crippen LogP contribution in [0.2, 0.25) is 0 Å². The molecule has 0 aliphatic rings. The number of aromatic nitrogens is 5. The molecular formula is C27H24FN7O2S. The molecule has 0 bridgehead atoms. The lowest BCUT2D eigenvalue weighted by Gasteiger charge is -2.08. The van der Waals surface area contributed by atoms with Gasteiger partial charge in [-0.3, -0.25) is 15.1 Å².